The highest BCUT2D eigenvalue weighted by molar-refractivity contribution is 9.10. The average Bonchev–Trinajstić information content (AvgIpc) is 2.89. The van der Waals surface area contributed by atoms with Gasteiger partial charge in [0.05, 0.1) is 0 Å². The second-order valence-electron chi connectivity index (χ2n) is 5.36. The molecule has 0 atom stereocenters. The van der Waals surface area contributed by atoms with Gasteiger partial charge in [0.25, 0.3) is 5.91 Å². The first-order valence-electron chi connectivity index (χ1n) is 7.13. The van der Waals surface area contributed by atoms with Crippen LogP contribution >= 0.6 is 15.9 Å². The molecule has 1 aliphatic rings. The largest absolute Gasteiger partial charge is 0.486 e. The molecule has 5 nitrogen and oxygen atoms in total. The summed E-state index contributed by atoms with van der Waals surface area (Å²) in [6, 6.07) is 7.41. The molecule has 0 bridgehead atoms. The molecular formula is C16H17BrN2O3. The van der Waals surface area contributed by atoms with E-state index in [9.17, 15) is 4.79 Å². The molecule has 22 heavy (non-hydrogen) atoms. The Morgan fingerprint density at radius 3 is 2.68 bits per heavy atom. The zero-order chi connectivity index (χ0) is 15.7. The van der Waals surface area contributed by atoms with Gasteiger partial charge in [-0.15, -0.1) is 0 Å². The van der Waals surface area contributed by atoms with Crippen molar-refractivity contribution >= 4 is 27.5 Å². The van der Waals surface area contributed by atoms with E-state index in [0.717, 1.165) is 4.47 Å². The fourth-order valence-electron chi connectivity index (χ4n) is 2.37. The maximum Gasteiger partial charge on any atom is 0.272 e. The van der Waals surface area contributed by atoms with Gasteiger partial charge in [-0.2, -0.15) is 0 Å². The second-order valence-corrected chi connectivity index (χ2v) is 6.27. The molecule has 6 heteroatoms. The first-order chi connectivity index (χ1) is 10.5. The van der Waals surface area contributed by atoms with Gasteiger partial charge in [-0.3, -0.25) is 4.79 Å². The number of aromatic nitrogens is 1. The van der Waals surface area contributed by atoms with E-state index < -0.39 is 0 Å². The number of carbonyl (C=O) groups is 1. The van der Waals surface area contributed by atoms with Crippen LogP contribution in [0, 0.1) is 0 Å². The Morgan fingerprint density at radius 2 is 1.95 bits per heavy atom. The molecule has 2 heterocycles. The maximum absolute atomic E-state index is 12.5. The summed E-state index contributed by atoms with van der Waals surface area (Å²) in [5.41, 5.74) is 1.29. The Morgan fingerprint density at radius 1 is 1.23 bits per heavy atom. The lowest BCUT2D eigenvalue weighted by Gasteiger charge is -2.19. The number of ether oxygens (including phenoxy) is 2. The number of hydrogen-bond acceptors (Lipinski definition) is 3. The Bertz CT molecular complexity index is 709. The van der Waals surface area contributed by atoms with Gasteiger partial charge in [-0.05, 0) is 48.0 Å². The van der Waals surface area contributed by atoms with Gasteiger partial charge in [0, 0.05) is 28.5 Å². The minimum Gasteiger partial charge on any atom is -0.486 e. The number of halogens is 1. The maximum atomic E-state index is 12.5. The van der Waals surface area contributed by atoms with Gasteiger partial charge in [0.2, 0.25) is 0 Å². The molecule has 0 saturated heterocycles. The quantitative estimate of drug-likeness (QED) is 0.899. The van der Waals surface area contributed by atoms with E-state index in [1.54, 1.807) is 6.07 Å². The number of carbonyl (C=O) groups excluding carboxylic acids is 1. The third-order valence-corrected chi connectivity index (χ3v) is 3.84. The van der Waals surface area contributed by atoms with Crippen LogP contribution in [0.15, 0.2) is 34.9 Å². The summed E-state index contributed by atoms with van der Waals surface area (Å²) in [6.45, 7) is 5.14. The first kappa shape index (κ1) is 15.0. The molecule has 2 aromatic rings. The lowest BCUT2D eigenvalue weighted by Crippen LogP contribution is -2.19. The van der Waals surface area contributed by atoms with Crippen LogP contribution in [0.1, 0.15) is 30.4 Å². The number of nitrogens with one attached hydrogen (secondary N) is 1. The summed E-state index contributed by atoms with van der Waals surface area (Å²) in [7, 11) is 0. The van der Waals surface area contributed by atoms with E-state index in [2.05, 4.69) is 21.2 Å². The normalized spacial score (nSPS) is 13.3. The van der Waals surface area contributed by atoms with Crippen LogP contribution in [-0.4, -0.2) is 23.7 Å². The number of hydrogen-bond donors (Lipinski definition) is 1. The van der Waals surface area contributed by atoms with Crippen LogP contribution in [0.3, 0.4) is 0 Å². The molecule has 0 fully saturated rings. The van der Waals surface area contributed by atoms with E-state index in [4.69, 9.17) is 9.47 Å². The topological polar surface area (TPSA) is 52.5 Å². The van der Waals surface area contributed by atoms with Crippen LogP contribution in [-0.2, 0) is 0 Å². The number of rotatable bonds is 3. The van der Waals surface area contributed by atoms with Crippen molar-refractivity contribution in [1.82, 2.24) is 4.57 Å². The molecule has 0 radical (unpaired) electrons. The van der Waals surface area contributed by atoms with E-state index in [1.807, 2.05) is 42.8 Å². The van der Waals surface area contributed by atoms with Crippen molar-refractivity contribution in [2.24, 2.45) is 0 Å². The summed E-state index contributed by atoms with van der Waals surface area (Å²) in [6.07, 6.45) is 1.91. The van der Waals surface area contributed by atoms with Gasteiger partial charge >= 0.3 is 0 Å². The minimum absolute atomic E-state index is 0.156. The summed E-state index contributed by atoms with van der Waals surface area (Å²) in [5, 5.41) is 2.90. The molecule has 1 aromatic heterocycles. The number of fused-ring (bicyclic) bond motifs is 1. The molecule has 1 aliphatic heterocycles. The van der Waals surface area contributed by atoms with Crippen molar-refractivity contribution in [3.8, 4) is 11.5 Å². The smallest absolute Gasteiger partial charge is 0.272 e. The van der Waals surface area contributed by atoms with E-state index in [0.29, 0.717) is 36.1 Å². The van der Waals surface area contributed by atoms with E-state index in [1.165, 1.54) is 0 Å². The average molecular weight is 365 g/mol. The summed E-state index contributed by atoms with van der Waals surface area (Å²) in [5.74, 6) is 1.21. The van der Waals surface area contributed by atoms with Gasteiger partial charge in [0.1, 0.15) is 18.9 Å². The van der Waals surface area contributed by atoms with Crippen LogP contribution in [0.4, 0.5) is 5.69 Å². The Labute approximate surface area is 137 Å². The molecule has 1 amide bonds. The monoisotopic (exact) mass is 364 g/mol. The predicted molar refractivity (Wildman–Crippen MR) is 87.9 cm³/mol. The fraction of sp³-hybridized carbons (Fsp3) is 0.312. The van der Waals surface area contributed by atoms with Gasteiger partial charge < -0.3 is 19.4 Å². The lowest BCUT2D eigenvalue weighted by molar-refractivity contribution is 0.101. The molecule has 116 valence electrons. The molecule has 0 saturated carbocycles. The summed E-state index contributed by atoms with van der Waals surface area (Å²) < 4.78 is 13.8. The molecule has 0 unspecified atom stereocenters. The fourth-order valence-corrected chi connectivity index (χ4v) is 2.81. The van der Waals surface area contributed by atoms with E-state index in [-0.39, 0.29) is 11.9 Å². The molecular weight excluding hydrogens is 348 g/mol. The molecule has 0 aliphatic carbocycles. The molecule has 1 aromatic carbocycles. The highest BCUT2D eigenvalue weighted by Crippen LogP contribution is 2.32. The Kier molecular flexibility index (Phi) is 4.11. The highest BCUT2D eigenvalue weighted by atomic mass is 79.9. The third-order valence-electron chi connectivity index (χ3n) is 3.40. The van der Waals surface area contributed by atoms with Crippen molar-refractivity contribution in [1.29, 1.82) is 0 Å². The van der Waals surface area contributed by atoms with Crippen LogP contribution in [0.2, 0.25) is 0 Å². The van der Waals surface area contributed by atoms with Gasteiger partial charge in [0.15, 0.2) is 11.5 Å². The van der Waals surface area contributed by atoms with Gasteiger partial charge in [-0.1, -0.05) is 0 Å². The summed E-state index contributed by atoms with van der Waals surface area (Å²) >= 11 is 3.42. The van der Waals surface area contributed by atoms with Gasteiger partial charge in [-0.25, -0.2) is 0 Å². The third kappa shape index (κ3) is 2.97. The molecule has 0 spiro atoms. The SMILES string of the molecule is CC(C)n1cc(Br)cc1C(=O)Nc1ccc2c(c1)OCCO2. The van der Waals surface area contributed by atoms with E-state index >= 15 is 0 Å². The standard InChI is InChI=1S/C16H17BrN2O3/c1-10(2)19-9-11(17)7-13(19)16(20)18-12-3-4-14-15(8-12)22-6-5-21-14/h3-4,7-10H,5-6H2,1-2H3,(H,18,20). The van der Waals surface area contributed by atoms with Crippen LogP contribution in [0.25, 0.3) is 0 Å². The Balaban J connectivity index is 1.82. The predicted octanol–water partition coefficient (Wildman–Crippen LogP) is 3.86. The zero-order valence-electron chi connectivity index (χ0n) is 12.4. The van der Waals surface area contributed by atoms with Crippen molar-refractivity contribution in [3.63, 3.8) is 0 Å². The van der Waals surface area contributed by atoms with Crippen molar-refractivity contribution in [2.45, 2.75) is 19.9 Å². The van der Waals surface area contributed by atoms with Crippen LogP contribution in [0.5, 0.6) is 11.5 Å². The van der Waals surface area contributed by atoms with Crippen LogP contribution < -0.4 is 14.8 Å². The van der Waals surface area contributed by atoms with Crippen molar-refractivity contribution in [2.75, 3.05) is 18.5 Å². The Hall–Kier alpha value is -1.95. The summed E-state index contributed by atoms with van der Waals surface area (Å²) in [4.78, 5) is 12.5. The molecule has 1 N–H and O–H groups in total. The number of benzene rings is 1. The number of anilines is 1. The zero-order valence-corrected chi connectivity index (χ0v) is 14.0. The minimum atomic E-state index is -0.156. The highest BCUT2D eigenvalue weighted by Gasteiger charge is 2.17. The first-order valence-corrected chi connectivity index (χ1v) is 7.92. The van der Waals surface area contributed by atoms with Crippen molar-refractivity contribution in [3.05, 3.63) is 40.6 Å². The lowest BCUT2D eigenvalue weighted by atomic mass is 10.2. The second kappa shape index (κ2) is 6.04. The number of amides is 1. The van der Waals surface area contributed by atoms with Crippen molar-refractivity contribution < 1.29 is 14.3 Å². The molecule has 3 rings (SSSR count). The number of nitrogens with zero attached hydrogens (tertiary/aromatic N) is 1.